The van der Waals surface area contributed by atoms with Gasteiger partial charge in [0.05, 0.1) is 11.3 Å². The summed E-state index contributed by atoms with van der Waals surface area (Å²) in [6, 6.07) is 9.29. The van der Waals surface area contributed by atoms with Gasteiger partial charge in [-0.1, -0.05) is 43.3 Å². The normalized spacial score (nSPS) is 12.0. The van der Waals surface area contributed by atoms with Crippen molar-refractivity contribution < 1.29 is 13.2 Å². The lowest BCUT2D eigenvalue weighted by atomic mass is 9.99. The summed E-state index contributed by atoms with van der Waals surface area (Å²) in [4.78, 5) is 12.2. The number of halogens is 3. The number of benzene rings is 2. The van der Waals surface area contributed by atoms with E-state index >= 15 is 0 Å². The summed E-state index contributed by atoms with van der Waals surface area (Å²) in [6.07, 6.45) is -1.08. The lowest BCUT2D eigenvalue weighted by Crippen LogP contribution is -2.22. The number of tetrazole rings is 1. The molecule has 0 radical (unpaired) electrons. The third kappa shape index (κ3) is 3.55. The van der Waals surface area contributed by atoms with Crippen LogP contribution in [0, 0.1) is 0 Å². The van der Waals surface area contributed by atoms with Gasteiger partial charge in [-0.2, -0.15) is 22.5 Å². The maximum Gasteiger partial charge on any atom is 0.418 e. The molecule has 0 bridgehead atoms. The zero-order valence-electron chi connectivity index (χ0n) is 15.2. The van der Waals surface area contributed by atoms with Crippen LogP contribution in [0.5, 0.6) is 0 Å². The van der Waals surface area contributed by atoms with Gasteiger partial charge in [-0.15, -0.1) is 0 Å². The molecular formula is C19H18F3N5O. The molecule has 0 spiro atoms. The maximum absolute atomic E-state index is 13.4. The Morgan fingerprint density at radius 2 is 1.82 bits per heavy atom. The molecule has 1 heterocycles. The third-order valence-corrected chi connectivity index (χ3v) is 4.35. The van der Waals surface area contributed by atoms with E-state index in [9.17, 15) is 18.0 Å². The SMILES string of the molecule is CCc1cccc(-n2nnn(C)c2=O)c1/C=C/c1cccc(N)c1C(F)(F)F. The van der Waals surface area contributed by atoms with E-state index in [2.05, 4.69) is 10.4 Å². The highest BCUT2D eigenvalue weighted by atomic mass is 19.4. The quantitative estimate of drug-likeness (QED) is 0.549. The van der Waals surface area contributed by atoms with Crippen molar-refractivity contribution in [2.75, 3.05) is 5.73 Å². The van der Waals surface area contributed by atoms with Crippen molar-refractivity contribution in [2.45, 2.75) is 19.5 Å². The number of hydrogen-bond acceptors (Lipinski definition) is 4. The highest BCUT2D eigenvalue weighted by Gasteiger charge is 2.35. The highest BCUT2D eigenvalue weighted by Crippen LogP contribution is 2.37. The first-order valence-electron chi connectivity index (χ1n) is 8.49. The van der Waals surface area contributed by atoms with E-state index in [1.54, 1.807) is 18.2 Å². The highest BCUT2D eigenvalue weighted by molar-refractivity contribution is 5.78. The van der Waals surface area contributed by atoms with Gasteiger partial charge in [-0.25, -0.2) is 4.79 Å². The van der Waals surface area contributed by atoms with Gasteiger partial charge < -0.3 is 5.73 Å². The second kappa shape index (κ2) is 7.34. The van der Waals surface area contributed by atoms with Gasteiger partial charge in [0.15, 0.2) is 0 Å². The molecule has 0 aliphatic carbocycles. The summed E-state index contributed by atoms with van der Waals surface area (Å²) < 4.78 is 42.4. The molecule has 0 aliphatic rings. The van der Waals surface area contributed by atoms with Gasteiger partial charge in [0.2, 0.25) is 0 Å². The van der Waals surface area contributed by atoms with Crippen LogP contribution < -0.4 is 11.4 Å². The van der Waals surface area contributed by atoms with E-state index in [-0.39, 0.29) is 11.3 Å². The lowest BCUT2D eigenvalue weighted by Gasteiger charge is -2.13. The van der Waals surface area contributed by atoms with Gasteiger partial charge >= 0.3 is 11.9 Å². The molecule has 2 N–H and O–H groups in total. The Hall–Kier alpha value is -3.36. The molecule has 28 heavy (non-hydrogen) atoms. The Morgan fingerprint density at radius 3 is 2.43 bits per heavy atom. The van der Waals surface area contributed by atoms with Gasteiger partial charge in [0.25, 0.3) is 0 Å². The van der Waals surface area contributed by atoms with Crippen LogP contribution in [0.25, 0.3) is 17.8 Å². The summed E-state index contributed by atoms with van der Waals surface area (Å²) in [6.45, 7) is 1.91. The van der Waals surface area contributed by atoms with E-state index in [0.29, 0.717) is 17.7 Å². The van der Waals surface area contributed by atoms with Gasteiger partial charge in [0.1, 0.15) is 0 Å². The molecule has 1 aromatic heterocycles. The van der Waals surface area contributed by atoms with Crippen molar-refractivity contribution in [1.29, 1.82) is 0 Å². The fraction of sp³-hybridized carbons (Fsp3) is 0.211. The minimum Gasteiger partial charge on any atom is -0.398 e. The smallest absolute Gasteiger partial charge is 0.398 e. The predicted octanol–water partition coefficient (Wildman–Crippen LogP) is 3.30. The van der Waals surface area contributed by atoms with Gasteiger partial charge in [-0.05, 0) is 40.1 Å². The molecule has 9 heteroatoms. The standard InChI is InChI=1S/C19H18F3N5O/c1-3-12-6-5-9-16(27-18(28)26(2)24-25-27)14(12)11-10-13-7-4-8-15(23)17(13)19(20,21)22/h4-11H,3,23H2,1-2H3/b11-10+. The largest absolute Gasteiger partial charge is 0.418 e. The Morgan fingerprint density at radius 1 is 1.11 bits per heavy atom. The number of nitrogens with two attached hydrogens (primary N) is 1. The van der Waals surface area contributed by atoms with E-state index in [0.717, 1.165) is 14.9 Å². The Labute approximate surface area is 158 Å². The molecule has 0 aliphatic heterocycles. The van der Waals surface area contributed by atoms with Gasteiger partial charge in [-0.3, -0.25) is 0 Å². The Bertz CT molecular complexity index is 1100. The molecule has 6 nitrogen and oxygen atoms in total. The van der Waals surface area contributed by atoms with E-state index in [4.69, 9.17) is 5.73 Å². The second-order valence-corrected chi connectivity index (χ2v) is 6.14. The number of aryl methyl sites for hydroxylation is 2. The molecule has 3 rings (SSSR count). The fourth-order valence-electron chi connectivity index (χ4n) is 2.98. The van der Waals surface area contributed by atoms with Crippen molar-refractivity contribution >= 4 is 17.8 Å². The van der Waals surface area contributed by atoms with Crippen LogP contribution >= 0.6 is 0 Å². The van der Waals surface area contributed by atoms with Crippen molar-refractivity contribution in [3.63, 3.8) is 0 Å². The lowest BCUT2D eigenvalue weighted by molar-refractivity contribution is -0.137. The van der Waals surface area contributed by atoms with Crippen LogP contribution in [0.2, 0.25) is 0 Å². The number of hydrogen-bond donors (Lipinski definition) is 1. The molecule has 0 unspecified atom stereocenters. The summed E-state index contributed by atoms with van der Waals surface area (Å²) in [7, 11) is 1.47. The van der Waals surface area contributed by atoms with Crippen molar-refractivity contribution in [3.8, 4) is 5.69 Å². The molecule has 0 atom stereocenters. The van der Waals surface area contributed by atoms with E-state index in [1.807, 2.05) is 13.0 Å². The molecule has 146 valence electrons. The summed E-state index contributed by atoms with van der Waals surface area (Å²) in [5.41, 5.74) is 5.68. The monoisotopic (exact) mass is 389 g/mol. The minimum absolute atomic E-state index is 0.0594. The van der Waals surface area contributed by atoms with Crippen LogP contribution in [-0.2, 0) is 19.6 Å². The summed E-state index contributed by atoms with van der Waals surface area (Å²) in [5.74, 6) is 0. The Balaban J connectivity index is 2.18. The van der Waals surface area contributed by atoms with Crippen LogP contribution in [0.3, 0.4) is 0 Å². The first-order valence-corrected chi connectivity index (χ1v) is 8.49. The fourth-order valence-corrected chi connectivity index (χ4v) is 2.98. The number of alkyl halides is 3. The first-order chi connectivity index (χ1) is 13.2. The average Bonchev–Trinajstić information content (AvgIpc) is 2.97. The second-order valence-electron chi connectivity index (χ2n) is 6.14. The molecule has 2 aromatic carbocycles. The Kier molecular flexibility index (Phi) is 5.08. The molecule has 0 fully saturated rings. The van der Waals surface area contributed by atoms with Crippen molar-refractivity contribution in [1.82, 2.24) is 19.8 Å². The van der Waals surface area contributed by atoms with E-state index < -0.39 is 17.4 Å². The average molecular weight is 389 g/mol. The number of nitrogen functional groups attached to an aromatic ring is 1. The van der Waals surface area contributed by atoms with Crippen LogP contribution in [-0.4, -0.2) is 19.8 Å². The topological polar surface area (TPSA) is 78.7 Å². The van der Waals surface area contributed by atoms with E-state index in [1.165, 1.54) is 31.3 Å². The summed E-state index contributed by atoms with van der Waals surface area (Å²) >= 11 is 0. The molecule has 0 saturated carbocycles. The first kappa shape index (κ1) is 19.4. The maximum atomic E-state index is 13.4. The number of anilines is 1. The van der Waals surface area contributed by atoms with Crippen LogP contribution in [0.1, 0.15) is 29.2 Å². The molecular weight excluding hydrogens is 371 g/mol. The molecule has 0 saturated heterocycles. The van der Waals surface area contributed by atoms with Crippen LogP contribution in [0.15, 0.2) is 41.2 Å². The predicted molar refractivity (Wildman–Crippen MR) is 101 cm³/mol. The number of aromatic nitrogens is 4. The molecule has 0 amide bonds. The number of rotatable bonds is 4. The zero-order valence-corrected chi connectivity index (χ0v) is 15.2. The van der Waals surface area contributed by atoms with Gasteiger partial charge in [0, 0.05) is 18.3 Å². The third-order valence-electron chi connectivity index (χ3n) is 4.35. The van der Waals surface area contributed by atoms with Crippen molar-refractivity contribution in [2.24, 2.45) is 7.05 Å². The van der Waals surface area contributed by atoms with Crippen molar-refractivity contribution in [3.05, 3.63) is 69.1 Å². The molecule has 3 aromatic rings. The minimum atomic E-state index is -4.58. The van der Waals surface area contributed by atoms with Crippen LogP contribution in [0.4, 0.5) is 18.9 Å². The number of nitrogens with zero attached hydrogens (tertiary/aromatic N) is 4. The zero-order chi connectivity index (χ0) is 20.5. The summed E-state index contributed by atoms with van der Waals surface area (Å²) in [5, 5.41) is 7.52.